The van der Waals surface area contributed by atoms with Crippen LogP contribution in [0.1, 0.15) is 39.5 Å². The van der Waals surface area contributed by atoms with E-state index in [9.17, 15) is 0 Å². The Morgan fingerprint density at radius 2 is 1.86 bits per heavy atom. The van der Waals surface area contributed by atoms with Crippen molar-refractivity contribution in [3.8, 4) is 11.8 Å². The fourth-order valence-electron chi connectivity index (χ4n) is 2.75. The van der Waals surface area contributed by atoms with Gasteiger partial charge in [0.05, 0.1) is 25.9 Å². The molecule has 0 aliphatic carbocycles. The van der Waals surface area contributed by atoms with Gasteiger partial charge >= 0.3 is 0 Å². The minimum atomic E-state index is -0.0289. The van der Waals surface area contributed by atoms with Crippen LogP contribution in [0.15, 0.2) is 6.07 Å². The summed E-state index contributed by atoms with van der Waals surface area (Å²) in [6.07, 6.45) is 3.95. The van der Waals surface area contributed by atoms with E-state index in [4.69, 9.17) is 14.2 Å². The quantitative estimate of drug-likeness (QED) is 0.870. The van der Waals surface area contributed by atoms with E-state index in [1.807, 2.05) is 0 Å². The van der Waals surface area contributed by atoms with E-state index in [2.05, 4.69) is 29.1 Å². The van der Waals surface area contributed by atoms with Gasteiger partial charge in [0, 0.05) is 12.6 Å². The summed E-state index contributed by atoms with van der Waals surface area (Å²) in [5.41, 5.74) is -0.0289. The van der Waals surface area contributed by atoms with Crippen LogP contribution in [-0.2, 0) is 4.74 Å². The van der Waals surface area contributed by atoms with Crippen molar-refractivity contribution in [3.63, 3.8) is 0 Å². The Bertz CT molecular complexity index is 441. The largest absolute Gasteiger partial charge is 0.481 e. The molecule has 1 aromatic rings. The standard InChI is InChI=1S/C15H25N3O3/c1-5-15(6-2)10-11(7-8-21-15)16-14-17-12(19-3)9-13(18-14)20-4/h9,11H,5-8,10H2,1-4H3,(H,16,17,18). The third-order valence-corrected chi connectivity index (χ3v) is 4.21. The van der Waals surface area contributed by atoms with Gasteiger partial charge in [0.1, 0.15) is 0 Å². The molecule has 1 unspecified atom stereocenters. The maximum Gasteiger partial charge on any atom is 0.229 e. The van der Waals surface area contributed by atoms with E-state index < -0.39 is 0 Å². The molecule has 0 radical (unpaired) electrons. The number of rotatable bonds is 6. The molecule has 2 rings (SSSR count). The van der Waals surface area contributed by atoms with Gasteiger partial charge in [-0.1, -0.05) is 13.8 Å². The number of hydrogen-bond acceptors (Lipinski definition) is 6. The Labute approximate surface area is 126 Å². The number of hydrogen-bond donors (Lipinski definition) is 1. The van der Waals surface area contributed by atoms with Gasteiger partial charge in [-0.3, -0.25) is 0 Å². The van der Waals surface area contributed by atoms with Crippen LogP contribution in [0.3, 0.4) is 0 Å². The third kappa shape index (κ3) is 3.75. The van der Waals surface area contributed by atoms with Crippen LogP contribution < -0.4 is 14.8 Å². The number of nitrogens with zero attached hydrogens (tertiary/aromatic N) is 2. The zero-order valence-electron chi connectivity index (χ0n) is 13.3. The van der Waals surface area contributed by atoms with Crippen LogP contribution in [0.2, 0.25) is 0 Å². The number of methoxy groups -OCH3 is 2. The zero-order chi connectivity index (χ0) is 15.3. The first-order valence-electron chi connectivity index (χ1n) is 7.52. The molecule has 21 heavy (non-hydrogen) atoms. The lowest BCUT2D eigenvalue weighted by Crippen LogP contribution is -2.43. The molecule has 1 saturated heterocycles. The minimum Gasteiger partial charge on any atom is -0.481 e. The highest BCUT2D eigenvalue weighted by Gasteiger charge is 2.34. The molecule has 1 N–H and O–H groups in total. The van der Waals surface area contributed by atoms with Crippen molar-refractivity contribution >= 4 is 5.95 Å². The summed E-state index contributed by atoms with van der Waals surface area (Å²) in [4.78, 5) is 8.66. The van der Waals surface area contributed by atoms with Crippen LogP contribution in [0.25, 0.3) is 0 Å². The molecule has 1 aliphatic heterocycles. The Kier molecular flexibility index (Phi) is 5.22. The van der Waals surface area contributed by atoms with E-state index >= 15 is 0 Å². The molecule has 1 aromatic heterocycles. The molecule has 1 fully saturated rings. The van der Waals surface area contributed by atoms with Gasteiger partial charge in [-0.05, 0) is 25.7 Å². The molecule has 2 heterocycles. The molecule has 118 valence electrons. The van der Waals surface area contributed by atoms with Crippen LogP contribution in [0, 0.1) is 0 Å². The fraction of sp³-hybridized carbons (Fsp3) is 0.733. The van der Waals surface area contributed by atoms with Crippen molar-refractivity contribution in [2.75, 3.05) is 26.1 Å². The summed E-state index contributed by atoms with van der Waals surface area (Å²) in [6, 6.07) is 1.97. The Morgan fingerprint density at radius 1 is 1.24 bits per heavy atom. The number of anilines is 1. The highest BCUT2D eigenvalue weighted by atomic mass is 16.5. The lowest BCUT2D eigenvalue weighted by atomic mass is 9.86. The molecule has 0 amide bonds. The Morgan fingerprint density at radius 3 is 2.38 bits per heavy atom. The van der Waals surface area contributed by atoms with Crippen molar-refractivity contribution in [1.82, 2.24) is 9.97 Å². The van der Waals surface area contributed by atoms with Crippen molar-refractivity contribution in [1.29, 1.82) is 0 Å². The number of ether oxygens (including phenoxy) is 3. The predicted molar refractivity (Wildman–Crippen MR) is 81.0 cm³/mol. The van der Waals surface area contributed by atoms with Gasteiger partial charge in [0.15, 0.2) is 0 Å². The number of nitrogens with one attached hydrogen (secondary N) is 1. The summed E-state index contributed by atoms with van der Waals surface area (Å²) in [5, 5.41) is 3.39. The Hall–Kier alpha value is -1.56. The van der Waals surface area contributed by atoms with Gasteiger partial charge in [-0.25, -0.2) is 0 Å². The van der Waals surface area contributed by atoms with Gasteiger partial charge < -0.3 is 19.5 Å². The summed E-state index contributed by atoms with van der Waals surface area (Å²) >= 11 is 0. The highest BCUT2D eigenvalue weighted by Crippen LogP contribution is 2.32. The maximum atomic E-state index is 5.99. The van der Waals surface area contributed by atoms with E-state index in [1.165, 1.54) is 0 Å². The van der Waals surface area contributed by atoms with E-state index in [0.717, 1.165) is 32.3 Å². The average Bonchev–Trinajstić information content (AvgIpc) is 2.54. The second-order valence-corrected chi connectivity index (χ2v) is 5.35. The smallest absolute Gasteiger partial charge is 0.229 e. The summed E-state index contributed by atoms with van der Waals surface area (Å²) in [7, 11) is 3.17. The van der Waals surface area contributed by atoms with E-state index in [1.54, 1.807) is 20.3 Å². The molecule has 0 bridgehead atoms. The molecule has 6 nitrogen and oxygen atoms in total. The molecule has 0 saturated carbocycles. The number of aromatic nitrogens is 2. The molecule has 1 aliphatic rings. The third-order valence-electron chi connectivity index (χ3n) is 4.21. The monoisotopic (exact) mass is 295 g/mol. The lowest BCUT2D eigenvalue weighted by molar-refractivity contribution is -0.0865. The second-order valence-electron chi connectivity index (χ2n) is 5.35. The van der Waals surface area contributed by atoms with Gasteiger partial charge in [-0.15, -0.1) is 0 Å². The molecular formula is C15H25N3O3. The summed E-state index contributed by atoms with van der Waals surface area (Å²) in [6.45, 7) is 5.12. The molecule has 6 heteroatoms. The molecule has 1 atom stereocenters. The van der Waals surface area contributed by atoms with Crippen molar-refractivity contribution in [2.45, 2.75) is 51.2 Å². The van der Waals surface area contributed by atoms with Crippen LogP contribution in [-0.4, -0.2) is 42.4 Å². The first-order chi connectivity index (χ1) is 10.1. The highest BCUT2D eigenvalue weighted by molar-refractivity contribution is 5.34. The maximum absolute atomic E-state index is 5.99. The summed E-state index contributed by atoms with van der Waals surface area (Å²) < 4.78 is 16.3. The van der Waals surface area contributed by atoms with Crippen LogP contribution in [0.5, 0.6) is 11.8 Å². The van der Waals surface area contributed by atoms with Crippen molar-refractivity contribution < 1.29 is 14.2 Å². The molecule has 0 aromatic carbocycles. The van der Waals surface area contributed by atoms with Gasteiger partial charge in [0.25, 0.3) is 0 Å². The molecule has 0 spiro atoms. The zero-order valence-corrected chi connectivity index (χ0v) is 13.3. The summed E-state index contributed by atoms with van der Waals surface area (Å²) in [5.74, 6) is 1.53. The van der Waals surface area contributed by atoms with Crippen molar-refractivity contribution in [3.05, 3.63) is 6.07 Å². The first kappa shape index (κ1) is 15.8. The fourth-order valence-corrected chi connectivity index (χ4v) is 2.75. The van der Waals surface area contributed by atoms with Crippen LogP contribution >= 0.6 is 0 Å². The molecular weight excluding hydrogens is 270 g/mol. The lowest BCUT2D eigenvalue weighted by Gasteiger charge is -2.40. The average molecular weight is 295 g/mol. The second kappa shape index (κ2) is 6.93. The Balaban J connectivity index is 2.10. The normalized spacial score (nSPS) is 20.9. The minimum absolute atomic E-state index is 0.0289. The topological polar surface area (TPSA) is 65.5 Å². The van der Waals surface area contributed by atoms with Crippen molar-refractivity contribution in [2.24, 2.45) is 0 Å². The van der Waals surface area contributed by atoms with E-state index in [-0.39, 0.29) is 5.60 Å². The van der Waals surface area contributed by atoms with Gasteiger partial charge in [0.2, 0.25) is 17.7 Å². The first-order valence-corrected chi connectivity index (χ1v) is 7.52. The predicted octanol–water partition coefficient (Wildman–Crippen LogP) is 2.64. The van der Waals surface area contributed by atoms with Crippen LogP contribution in [0.4, 0.5) is 5.95 Å². The van der Waals surface area contributed by atoms with E-state index in [0.29, 0.717) is 23.8 Å². The van der Waals surface area contributed by atoms with Gasteiger partial charge in [-0.2, -0.15) is 9.97 Å². The SMILES string of the molecule is CCC1(CC)CC(Nc2nc(OC)cc(OC)n2)CCO1.